The minimum Gasteiger partial charge on any atom is -0.350 e. The van der Waals surface area contributed by atoms with Gasteiger partial charge in [0, 0.05) is 23.5 Å². The fourth-order valence-corrected chi connectivity index (χ4v) is 4.23. The summed E-state index contributed by atoms with van der Waals surface area (Å²) in [7, 11) is -3.56. The molecule has 0 unspecified atom stereocenters. The van der Waals surface area contributed by atoms with Crippen molar-refractivity contribution in [2.75, 3.05) is 24.7 Å². The lowest BCUT2D eigenvalue weighted by atomic mass is 9.95. The Morgan fingerprint density at radius 2 is 1.65 bits per heavy atom. The number of rotatable bonds is 5. The van der Waals surface area contributed by atoms with E-state index in [1.807, 2.05) is 13.8 Å². The molecule has 0 aromatic heterocycles. The maximum absolute atomic E-state index is 12.7. The molecule has 0 bridgehead atoms. The summed E-state index contributed by atoms with van der Waals surface area (Å²) in [6.45, 7) is 4.70. The Hall–Kier alpha value is -1.64. The van der Waals surface area contributed by atoms with Crippen molar-refractivity contribution in [1.82, 2.24) is 10.6 Å². The van der Waals surface area contributed by atoms with Crippen LogP contribution in [0.3, 0.4) is 0 Å². The quantitative estimate of drug-likeness (QED) is 0.688. The fourth-order valence-electron chi connectivity index (χ4n) is 2.89. The van der Waals surface area contributed by atoms with E-state index in [2.05, 4.69) is 16.0 Å². The van der Waals surface area contributed by atoms with E-state index in [9.17, 15) is 18.0 Å². The van der Waals surface area contributed by atoms with Gasteiger partial charge in [-0.1, -0.05) is 0 Å². The smallest absolute Gasteiger partial charge is 0.251 e. The van der Waals surface area contributed by atoms with Crippen molar-refractivity contribution in [2.45, 2.75) is 37.5 Å². The third-order valence-electron chi connectivity index (χ3n) is 4.36. The normalized spacial score (nSPS) is 16.5. The van der Waals surface area contributed by atoms with E-state index in [-0.39, 0.29) is 37.2 Å². The Kier molecular flexibility index (Phi) is 7.61. The lowest BCUT2D eigenvalue weighted by Crippen LogP contribution is -2.55. The molecule has 3 N–H and O–H groups in total. The maximum atomic E-state index is 12.7. The summed E-state index contributed by atoms with van der Waals surface area (Å²) in [6.07, 6.45) is 1.59. The highest BCUT2D eigenvalue weighted by Crippen LogP contribution is 2.29. The molecule has 0 atom stereocenters. The molecule has 1 aromatic carbocycles. The molecule has 0 radical (unpaired) electrons. The van der Waals surface area contributed by atoms with Crippen LogP contribution in [0.15, 0.2) is 24.3 Å². The fraction of sp³-hybridized carbons (Fsp3) is 0.529. The number of benzene rings is 1. The van der Waals surface area contributed by atoms with Crippen molar-refractivity contribution in [2.24, 2.45) is 0 Å². The van der Waals surface area contributed by atoms with Crippen LogP contribution in [0.2, 0.25) is 0 Å². The SMILES string of the molecule is CC(C)NC(=O)c1ccc(NC(=O)C2(S(C)(=O)=O)CCNCC2)cc1.Cl. The average Bonchev–Trinajstić information content (AvgIpc) is 2.54. The number of sulfone groups is 1. The van der Waals surface area contributed by atoms with Gasteiger partial charge in [0.15, 0.2) is 14.6 Å². The highest BCUT2D eigenvalue weighted by Gasteiger charge is 2.48. The minimum absolute atomic E-state index is 0. The van der Waals surface area contributed by atoms with Crippen LogP contribution in [0.4, 0.5) is 5.69 Å². The number of hydrogen-bond donors (Lipinski definition) is 3. The Morgan fingerprint density at radius 3 is 2.12 bits per heavy atom. The van der Waals surface area contributed by atoms with Gasteiger partial charge >= 0.3 is 0 Å². The van der Waals surface area contributed by atoms with Crippen LogP contribution in [0.1, 0.15) is 37.0 Å². The summed E-state index contributed by atoms with van der Waals surface area (Å²) in [4.78, 5) is 24.6. The molecule has 1 fully saturated rings. The largest absolute Gasteiger partial charge is 0.350 e. The number of nitrogens with one attached hydrogen (secondary N) is 3. The van der Waals surface area contributed by atoms with Crippen LogP contribution < -0.4 is 16.0 Å². The zero-order chi connectivity index (χ0) is 18.7. The first-order valence-electron chi connectivity index (χ1n) is 8.28. The summed E-state index contributed by atoms with van der Waals surface area (Å²) in [6, 6.07) is 6.43. The third-order valence-corrected chi connectivity index (χ3v) is 6.37. The summed E-state index contributed by atoms with van der Waals surface area (Å²) in [5.74, 6) is -0.713. The first-order valence-corrected chi connectivity index (χ1v) is 10.2. The Labute approximate surface area is 160 Å². The second-order valence-electron chi connectivity index (χ2n) is 6.68. The molecule has 26 heavy (non-hydrogen) atoms. The van der Waals surface area contributed by atoms with Crippen molar-refractivity contribution in [1.29, 1.82) is 0 Å². The molecule has 0 spiro atoms. The molecule has 0 saturated carbocycles. The van der Waals surface area contributed by atoms with Crippen LogP contribution in [-0.4, -0.2) is 50.4 Å². The molecule has 1 saturated heterocycles. The topological polar surface area (TPSA) is 104 Å². The van der Waals surface area contributed by atoms with Crippen LogP contribution in [0, 0.1) is 0 Å². The minimum atomic E-state index is -3.56. The predicted octanol–water partition coefficient (Wildman–Crippen LogP) is 1.35. The highest BCUT2D eigenvalue weighted by molar-refractivity contribution is 7.92. The van der Waals surface area contributed by atoms with Crippen molar-refractivity contribution < 1.29 is 18.0 Å². The molecule has 2 rings (SSSR count). The van der Waals surface area contributed by atoms with Crippen molar-refractivity contribution in [3.05, 3.63) is 29.8 Å². The Morgan fingerprint density at radius 1 is 1.12 bits per heavy atom. The van der Waals surface area contributed by atoms with Gasteiger partial charge < -0.3 is 16.0 Å². The molecular weight excluding hydrogens is 378 g/mol. The number of carbonyl (C=O) groups is 2. The Balaban J connectivity index is 0.00000338. The van der Waals surface area contributed by atoms with E-state index in [1.54, 1.807) is 24.3 Å². The lowest BCUT2D eigenvalue weighted by molar-refractivity contribution is -0.119. The van der Waals surface area contributed by atoms with Crippen LogP contribution >= 0.6 is 12.4 Å². The second kappa shape index (κ2) is 8.83. The summed E-state index contributed by atoms with van der Waals surface area (Å²) >= 11 is 0. The molecule has 1 aromatic rings. The lowest BCUT2D eigenvalue weighted by Gasteiger charge is -2.34. The summed E-state index contributed by atoms with van der Waals surface area (Å²) < 4.78 is 23.1. The predicted molar refractivity (Wildman–Crippen MR) is 105 cm³/mol. The van der Waals surface area contributed by atoms with Gasteiger partial charge in [0.2, 0.25) is 5.91 Å². The van der Waals surface area contributed by atoms with Gasteiger partial charge in [-0.3, -0.25) is 9.59 Å². The van der Waals surface area contributed by atoms with Gasteiger partial charge in [-0.05, 0) is 64.0 Å². The zero-order valence-electron chi connectivity index (χ0n) is 15.2. The molecule has 146 valence electrons. The van der Waals surface area contributed by atoms with Gasteiger partial charge in [0.05, 0.1) is 0 Å². The van der Waals surface area contributed by atoms with Gasteiger partial charge in [0.25, 0.3) is 5.91 Å². The number of piperidine rings is 1. The standard InChI is InChI=1S/C17H25N3O4S.ClH/c1-12(2)19-15(21)13-4-6-14(7-5-13)20-16(22)17(25(3,23)24)8-10-18-11-9-17;/h4-7,12,18H,8-11H2,1-3H3,(H,19,21)(H,20,22);1H. The van der Waals surface area contributed by atoms with E-state index in [0.29, 0.717) is 24.3 Å². The molecule has 1 aliphatic rings. The van der Waals surface area contributed by atoms with Gasteiger partial charge in [-0.2, -0.15) is 0 Å². The van der Waals surface area contributed by atoms with E-state index in [0.717, 1.165) is 6.26 Å². The van der Waals surface area contributed by atoms with Crippen LogP contribution in [0.25, 0.3) is 0 Å². The number of carbonyl (C=O) groups excluding carboxylic acids is 2. The number of hydrogen-bond acceptors (Lipinski definition) is 5. The first-order chi connectivity index (χ1) is 11.7. The number of halogens is 1. The average molecular weight is 404 g/mol. The van der Waals surface area contributed by atoms with E-state index in [1.165, 1.54) is 0 Å². The third kappa shape index (κ3) is 4.96. The van der Waals surface area contributed by atoms with Crippen LogP contribution in [-0.2, 0) is 14.6 Å². The van der Waals surface area contributed by atoms with E-state index >= 15 is 0 Å². The first kappa shape index (κ1) is 22.4. The maximum Gasteiger partial charge on any atom is 0.251 e. The van der Waals surface area contributed by atoms with Gasteiger partial charge in [0.1, 0.15) is 0 Å². The summed E-state index contributed by atoms with van der Waals surface area (Å²) in [5, 5.41) is 8.55. The van der Waals surface area contributed by atoms with Crippen LogP contribution in [0.5, 0.6) is 0 Å². The molecular formula is C17H26ClN3O4S. The van der Waals surface area contributed by atoms with Gasteiger partial charge in [-0.15, -0.1) is 12.4 Å². The highest BCUT2D eigenvalue weighted by atomic mass is 35.5. The second-order valence-corrected chi connectivity index (χ2v) is 9.00. The number of anilines is 1. The molecule has 9 heteroatoms. The van der Waals surface area contributed by atoms with Crippen molar-refractivity contribution >= 4 is 39.7 Å². The van der Waals surface area contributed by atoms with E-state index < -0.39 is 20.5 Å². The molecule has 2 amide bonds. The van der Waals surface area contributed by atoms with Gasteiger partial charge in [-0.25, -0.2) is 8.42 Å². The molecule has 1 heterocycles. The monoisotopic (exact) mass is 403 g/mol. The Bertz CT molecular complexity index is 742. The number of amides is 2. The van der Waals surface area contributed by atoms with E-state index in [4.69, 9.17) is 0 Å². The van der Waals surface area contributed by atoms with Crippen molar-refractivity contribution in [3.63, 3.8) is 0 Å². The summed E-state index contributed by atoms with van der Waals surface area (Å²) in [5.41, 5.74) is 0.944. The molecule has 0 aliphatic carbocycles. The molecule has 1 aliphatic heterocycles. The van der Waals surface area contributed by atoms with Crippen molar-refractivity contribution in [3.8, 4) is 0 Å². The zero-order valence-corrected chi connectivity index (χ0v) is 16.8. The molecule has 7 nitrogen and oxygen atoms in total.